The van der Waals surface area contributed by atoms with Crippen LogP contribution in [0.5, 0.6) is 0 Å². The zero-order valence-corrected chi connectivity index (χ0v) is 10.4. The Morgan fingerprint density at radius 3 is 2.18 bits per heavy atom. The first-order valence-corrected chi connectivity index (χ1v) is 5.04. The molecule has 2 aliphatic rings. The summed E-state index contributed by atoms with van der Waals surface area (Å²) in [6.07, 6.45) is 16.9. The minimum Gasteiger partial charge on any atom is -0.394 e. The zero-order chi connectivity index (χ0) is 11.8. The van der Waals surface area contributed by atoms with Gasteiger partial charge in [0.1, 0.15) is 0 Å². The molecule has 4 heteroatoms. The molecule has 0 aliphatic heterocycles. The molecule has 0 heterocycles. The molecule has 0 amide bonds. The maximum atomic E-state index is 11.2. The van der Waals surface area contributed by atoms with Gasteiger partial charge in [0.25, 0.3) is 0 Å². The zero-order valence-electron chi connectivity index (χ0n) is 9.27. The van der Waals surface area contributed by atoms with Gasteiger partial charge >= 0.3 is 0 Å². The van der Waals surface area contributed by atoms with Crippen LogP contribution in [0.2, 0.25) is 0 Å². The molecule has 0 aromatic carbocycles. The number of carbonyl (C=O) groups excluding carboxylic acids is 1. The molecule has 0 saturated carbocycles. The Labute approximate surface area is 112 Å². The van der Waals surface area contributed by atoms with E-state index in [4.69, 9.17) is 10.8 Å². The van der Waals surface area contributed by atoms with Crippen molar-refractivity contribution in [1.29, 1.82) is 0 Å². The average Bonchev–Trinajstić information content (AvgIpc) is 3.00. The maximum Gasteiger partial charge on any atom is 0.178 e. The molecule has 3 nitrogen and oxygen atoms in total. The Morgan fingerprint density at radius 2 is 1.82 bits per heavy atom. The van der Waals surface area contributed by atoms with Gasteiger partial charge in [-0.15, -0.1) is 0 Å². The van der Waals surface area contributed by atoms with Crippen LogP contribution in [0.25, 0.3) is 0 Å². The van der Waals surface area contributed by atoms with Crippen LogP contribution in [0.1, 0.15) is 0 Å². The van der Waals surface area contributed by atoms with Crippen LogP contribution >= 0.6 is 0 Å². The predicted octanol–water partition coefficient (Wildman–Crippen LogP) is 0.890. The monoisotopic (exact) mass is 273 g/mol. The van der Waals surface area contributed by atoms with Crippen molar-refractivity contribution < 1.29 is 27.0 Å². The fourth-order valence-corrected chi connectivity index (χ4v) is 1.16. The Kier molecular flexibility index (Phi) is 8.64. The van der Waals surface area contributed by atoms with E-state index in [-0.39, 0.29) is 29.5 Å². The SMILES string of the molecule is NC(CO)C(=O)C1=CC=C[CH]1.[CH]1C=CC=C1.[Fe]. The fourth-order valence-electron chi connectivity index (χ4n) is 1.16. The van der Waals surface area contributed by atoms with Gasteiger partial charge in [-0.1, -0.05) is 42.5 Å². The summed E-state index contributed by atoms with van der Waals surface area (Å²) in [5.74, 6) is -0.211. The number of aliphatic hydroxyl groups is 1. The smallest absolute Gasteiger partial charge is 0.178 e. The molecule has 2 aliphatic carbocycles. The number of rotatable bonds is 3. The standard InChI is InChI=1S/C8H10NO2.C5H5.Fe/c9-7(5-10)8(11)6-3-1-2-4-6;1-2-4-5-3-1;/h1-4,7,10H,5,9H2;1-5H;. The molecule has 1 unspecified atom stereocenters. The second-order valence-electron chi connectivity index (χ2n) is 3.29. The topological polar surface area (TPSA) is 63.3 Å². The number of hydrogen-bond donors (Lipinski definition) is 2. The van der Waals surface area contributed by atoms with Crippen molar-refractivity contribution in [2.45, 2.75) is 6.04 Å². The van der Waals surface area contributed by atoms with Crippen LogP contribution < -0.4 is 5.73 Å². The van der Waals surface area contributed by atoms with Crippen molar-refractivity contribution in [2.24, 2.45) is 5.73 Å². The van der Waals surface area contributed by atoms with Crippen molar-refractivity contribution in [3.63, 3.8) is 0 Å². The van der Waals surface area contributed by atoms with Crippen molar-refractivity contribution in [2.75, 3.05) is 6.61 Å². The maximum absolute atomic E-state index is 11.2. The van der Waals surface area contributed by atoms with Gasteiger partial charge in [0.2, 0.25) is 0 Å². The molecule has 0 aromatic rings. The number of carbonyl (C=O) groups is 1. The predicted molar refractivity (Wildman–Crippen MR) is 64.2 cm³/mol. The van der Waals surface area contributed by atoms with Gasteiger partial charge in [0, 0.05) is 35.5 Å². The summed E-state index contributed by atoms with van der Waals surface area (Å²) in [4.78, 5) is 11.2. The van der Waals surface area contributed by atoms with Gasteiger partial charge in [0.05, 0.1) is 12.6 Å². The van der Waals surface area contributed by atoms with Crippen molar-refractivity contribution in [3.05, 3.63) is 60.9 Å². The second-order valence-corrected chi connectivity index (χ2v) is 3.29. The number of Topliss-reactive ketones (excluding diaryl/α,β-unsaturated/α-hetero) is 1. The first-order chi connectivity index (χ1) is 7.75. The Morgan fingerprint density at radius 1 is 1.18 bits per heavy atom. The van der Waals surface area contributed by atoms with Gasteiger partial charge in [-0.3, -0.25) is 4.79 Å². The summed E-state index contributed by atoms with van der Waals surface area (Å²) >= 11 is 0. The van der Waals surface area contributed by atoms with Crippen molar-refractivity contribution in [1.82, 2.24) is 0 Å². The third-order valence-corrected chi connectivity index (χ3v) is 2.04. The van der Waals surface area contributed by atoms with Gasteiger partial charge in [-0.2, -0.15) is 0 Å². The summed E-state index contributed by atoms with van der Waals surface area (Å²) in [5.41, 5.74) is 5.87. The van der Waals surface area contributed by atoms with Gasteiger partial charge in [0.15, 0.2) is 5.78 Å². The third kappa shape index (κ3) is 5.80. The van der Waals surface area contributed by atoms with Gasteiger partial charge in [-0.25, -0.2) is 0 Å². The van der Waals surface area contributed by atoms with E-state index in [1.54, 1.807) is 24.6 Å². The molecule has 0 bridgehead atoms. The van der Waals surface area contributed by atoms with Crippen LogP contribution in [0.15, 0.2) is 48.1 Å². The minimum absolute atomic E-state index is 0. The molecule has 0 spiro atoms. The molecule has 3 N–H and O–H groups in total. The average molecular weight is 273 g/mol. The minimum atomic E-state index is -0.780. The number of ketones is 1. The van der Waals surface area contributed by atoms with Crippen LogP contribution in [-0.4, -0.2) is 23.5 Å². The molecule has 0 aromatic heterocycles. The molecule has 0 saturated heterocycles. The van der Waals surface area contributed by atoms with E-state index in [2.05, 4.69) is 0 Å². The van der Waals surface area contributed by atoms with E-state index in [1.165, 1.54) is 0 Å². The van der Waals surface area contributed by atoms with E-state index < -0.39 is 6.04 Å². The molecular weight excluding hydrogens is 258 g/mol. The summed E-state index contributed by atoms with van der Waals surface area (Å²) in [6, 6.07) is -0.780. The Hall–Kier alpha value is -0.931. The summed E-state index contributed by atoms with van der Waals surface area (Å²) in [7, 11) is 0. The Bertz CT molecular complexity index is 346. The fraction of sp³-hybridized carbons (Fsp3) is 0.154. The van der Waals surface area contributed by atoms with E-state index in [0.29, 0.717) is 5.57 Å². The number of nitrogens with two attached hydrogens (primary N) is 1. The molecule has 92 valence electrons. The van der Waals surface area contributed by atoms with Crippen molar-refractivity contribution in [3.8, 4) is 0 Å². The first kappa shape index (κ1) is 16.1. The Balaban J connectivity index is 0.000000360. The summed E-state index contributed by atoms with van der Waals surface area (Å²) in [5, 5.41) is 8.56. The number of hydrogen-bond acceptors (Lipinski definition) is 3. The van der Waals surface area contributed by atoms with E-state index >= 15 is 0 Å². The third-order valence-electron chi connectivity index (χ3n) is 2.04. The van der Waals surface area contributed by atoms with E-state index in [9.17, 15) is 4.79 Å². The van der Waals surface area contributed by atoms with Crippen LogP contribution in [0.3, 0.4) is 0 Å². The van der Waals surface area contributed by atoms with Crippen LogP contribution in [-0.2, 0) is 21.9 Å². The summed E-state index contributed by atoms with van der Waals surface area (Å²) < 4.78 is 0. The molecule has 2 rings (SSSR count). The van der Waals surface area contributed by atoms with Crippen LogP contribution in [0, 0.1) is 12.8 Å². The molecule has 0 fully saturated rings. The molecular formula is C13H15FeNO2. The molecule has 17 heavy (non-hydrogen) atoms. The largest absolute Gasteiger partial charge is 0.394 e. The normalized spacial score (nSPS) is 16.9. The van der Waals surface area contributed by atoms with Crippen molar-refractivity contribution >= 4 is 5.78 Å². The number of allylic oxidation sites excluding steroid dienone is 7. The number of aliphatic hydroxyl groups excluding tert-OH is 1. The van der Waals surface area contributed by atoms with Gasteiger partial charge in [-0.05, 0) is 0 Å². The van der Waals surface area contributed by atoms with Gasteiger partial charge < -0.3 is 10.8 Å². The quantitative estimate of drug-likeness (QED) is 0.751. The second kappa shape index (κ2) is 9.14. The molecule has 2 radical (unpaired) electrons. The van der Waals surface area contributed by atoms with E-state index in [1.807, 2.05) is 30.7 Å². The first-order valence-electron chi connectivity index (χ1n) is 5.04. The van der Waals surface area contributed by atoms with E-state index in [0.717, 1.165) is 0 Å². The molecule has 1 atom stereocenters. The van der Waals surface area contributed by atoms with Crippen LogP contribution in [0.4, 0.5) is 0 Å². The summed E-state index contributed by atoms with van der Waals surface area (Å²) in [6.45, 7) is -0.302.